The number of aliphatic imine (C=N–C) groups is 1. The molecule has 1 rings (SSSR count). The van der Waals surface area contributed by atoms with Crippen LogP contribution in [0.15, 0.2) is 4.99 Å². The van der Waals surface area contributed by atoms with E-state index >= 15 is 0 Å². The van der Waals surface area contributed by atoms with E-state index in [-0.39, 0.29) is 24.0 Å². The zero-order chi connectivity index (χ0) is 15.3. The Balaban J connectivity index is 0.00000441. The van der Waals surface area contributed by atoms with Crippen molar-refractivity contribution in [2.45, 2.75) is 19.8 Å². The van der Waals surface area contributed by atoms with Gasteiger partial charge in [-0.2, -0.15) is 0 Å². The van der Waals surface area contributed by atoms with Crippen molar-refractivity contribution in [2.24, 2.45) is 4.99 Å². The van der Waals surface area contributed by atoms with Crippen LogP contribution in [0.5, 0.6) is 0 Å². The van der Waals surface area contributed by atoms with E-state index in [1.165, 1.54) is 32.6 Å². The summed E-state index contributed by atoms with van der Waals surface area (Å²) in [4.78, 5) is 9.18. The minimum atomic E-state index is 0. The van der Waals surface area contributed by atoms with Crippen molar-refractivity contribution in [3.05, 3.63) is 0 Å². The van der Waals surface area contributed by atoms with E-state index in [9.17, 15) is 0 Å². The predicted octanol–water partition coefficient (Wildman–Crippen LogP) is 0.834. The van der Waals surface area contributed by atoms with Crippen molar-refractivity contribution in [1.82, 2.24) is 20.4 Å². The lowest BCUT2D eigenvalue weighted by Gasteiger charge is -2.21. The number of hydrogen-bond donors (Lipinski definition) is 2. The highest BCUT2D eigenvalue weighted by Crippen LogP contribution is 1.99. The highest BCUT2D eigenvalue weighted by atomic mass is 127. The Morgan fingerprint density at radius 2 is 1.91 bits per heavy atom. The molecule has 1 fully saturated rings. The number of nitrogens with zero attached hydrogens (tertiary/aromatic N) is 3. The Morgan fingerprint density at radius 3 is 2.64 bits per heavy atom. The second-order valence-corrected chi connectivity index (χ2v) is 5.47. The van der Waals surface area contributed by atoms with E-state index in [4.69, 9.17) is 4.74 Å². The van der Waals surface area contributed by atoms with E-state index in [1.54, 1.807) is 0 Å². The molecule has 22 heavy (non-hydrogen) atoms. The maximum atomic E-state index is 5.32. The van der Waals surface area contributed by atoms with Gasteiger partial charge in [-0.15, -0.1) is 24.0 Å². The standard InChI is InChI=1S/C15H33N5O.HI/c1-4-21-14-5-7-17-15(16-2)18-8-11-20-10-6-9-19(3)12-13-20;/h4-14H2,1-3H3,(H2,16,17,18);1H. The first-order chi connectivity index (χ1) is 10.3. The molecule has 0 aromatic carbocycles. The van der Waals surface area contributed by atoms with Crippen LogP contribution in [-0.4, -0.2) is 88.9 Å². The number of guanidine groups is 1. The van der Waals surface area contributed by atoms with Gasteiger partial charge in [0.1, 0.15) is 0 Å². The minimum absolute atomic E-state index is 0. The molecule has 0 atom stereocenters. The van der Waals surface area contributed by atoms with Gasteiger partial charge in [-0.05, 0) is 39.9 Å². The van der Waals surface area contributed by atoms with Crippen LogP contribution in [0.2, 0.25) is 0 Å². The SMILES string of the molecule is CCOCCCNC(=NC)NCCN1CCCN(C)CC1.I. The van der Waals surface area contributed by atoms with Crippen LogP contribution in [-0.2, 0) is 4.74 Å². The predicted molar refractivity (Wildman–Crippen MR) is 104 cm³/mol. The largest absolute Gasteiger partial charge is 0.382 e. The van der Waals surface area contributed by atoms with Gasteiger partial charge in [-0.25, -0.2) is 0 Å². The van der Waals surface area contributed by atoms with Crippen LogP contribution >= 0.6 is 24.0 Å². The van der Waals surface area contributed by atoms with Crippen molar-refractivity contribution in [3.8, 4) is 0 Å². The van der Waals surface area contributed by atoms with Crippen molar-refractivity contribution in [2.75, 3.05) is 73.1 Å². The number of ether oxygens (including phenoxy) is 1. The molecule has 0 aromatic heterocycles. The van der Waals surface area contributed by atoms with Crippen LogP contribution in [0.1, 0.15) is 19.8 Å². The van der Waals surface area contributed by atoms with Crippen molar-refractivity contribution < 1.29 is 4.74 Å². The Bertz CT molecular complexity index is 291. The third-order valence-electron chi connectivity index (χ3n) is 3.72. The van der Waals surface area contributed by atoms with E-state index in [0.29, 0.717) is 0 Å². The number of nitrogens with one attached hydrogen (secondary N) is 2. The normalized spacial score (nSPS) is 17.7. The van der Waals surface area contributed by atoms with Gasteiger partial charge in [0.25, 0.3) is 0 Å². The number of likely N-dealkylation sites (N-methyl/N-ethyl adjacent to an activating group) is 1. The van der Waals surface area contributed by atoms with Crippen LogP contribution in [0.3, 0.4) is 0 Å². The number of halogens is 1. The van der Waals surface area contributed by atoms with Crippen LogP contribution in [0, 0.1) is 0 Å². The molecule has 1 saturated heterocycles. The first-order valence-corrected chi connectivity index (χ1v) is 8.19. The summed E-state index contributed by atoms with van der Waals surface area (Å²) < 4.78 is 5.32. The van der Waals surface area contributed by atoms with Crippen molar-refractivity contribution in [1.29, 1.82) is 0 Å². The molecule has 0 amide bonds. The van der Waals surface area contributed by atoms with Gasteiger partial charge in [-0.1, -0.05) is 0 Å². The second kappa shape index (κ2) is 14.5. The summed E-state index contributed by atoms with van der Waals surface area (Å²) >= 11 is 0. The smallest absolute Gasteiger partial charge is 0.191 e. The lowest BCUT2D eigenvalue weighted by Crippen LogP contribution is -2.42. The zero-order valence-electron chi connectivity index (χ0n) is 14.4. The van der Waals surface area contributed by atoms with Gasteiger partial charge in [0.05, 0.1) is 0 Å². The maximum Gasteiger partial charge on any atom is 0.191 e. The average Bonchev–Trinajstić information content (AvgIpc) is 2.70. The molecule has 0 aliphatic carbocycles. The molecule has 6 nitrogen and oxygen atoms in total. The van der Waals surface area contributed by atoms with E-state index in [2.05, 4.69) is 32.5 Å². The van der Waals surface area contributed by atoms with E-state index in [1.807, 2.05) is 14.0 Å². The second-order valence-electron chi connectivity index (χ2n) is 5.47. The fourth-order valence-corrected chi connectivity index (χ4v) is 2.40. The molecule has 2 N–H and O–H groups in total. The topological polar surface area (TPSA) is 52.1 Å². The highest BCUT2D eigenvalue weighted by Gasteiger charge is 2.11. The number of hydrogen-bond acceptors (Lipinski definition) is 4. The Morgan fingerprint density at radius 1 is 1.14 bits per heavy atom. The molecule has 7 heteroatoms. The van der Waals surface area contributed by atoms with Gasteiger partial charge in [0.2, 0.25) is 0 Å². The van der Waals surface area contributed by atoms with Crippen LogP contribution < -0.4 is 10.6 Å². The molecular weight excluding hydrogens is 393 g/mol. The third kappa shape index (κ3) is 10.6. The molecule has 0 unspecified atom stereocenters. The van der Waals surface area contributed by atoms with E-state index < -0.39 is 0 Å². The van der Waals surface area contributed by atoms with Gasteiger partial charge in [-0.3, -0.25) is 4.99 Å². The molecule has 1 aliphatic heterocycles. The van der Waals surface area contributed by atoms with Crippen LogP contribution in [0.25, 0.3) is 0 Å². The summed E-state index contributed by atoms with van der Waals surface area (Å²) in [6, 6.07) is 0. The maximum absolute atomic E-state index is 5.32. The Labute approximate surface area is 153 Å². The molecule has 1 aliphatic rings. The lowest BCUT2D eigenvalue weighted by atomic mass is 10.4. The fourth-order valence-electron chi connectivity index (χ4n) is 2.40. The van der Waals surface area contributed by atoms with Crippen molar-refractivity contribution >= 4 is 29.9 Å². The highest BCUT2D eigenvalue weighted by molar-refractivity contribution is 14.0. The van der Waals surface area contributed by atoms with Gasteiger partial charge in [0, 0.05) is 53.0 Å². The molecule has 0 bridgehead atoms. The average molecular weight is 427 g/mol. The first kappa shape index (κ1) is 21.9. The third-order valence-corrected chi connectivity index (χ3v) is 3.72. The molecule has 0 saturated carbocycles. The summed E-state index contributed by atoms with van der Waals surface area (Å²) in [5.74, 6) is 0.887. The van der Waals surface area contributed by atoms with Gasteiger partial charge < -0.3 is 25.2 Å². The Hall–Kier alpha value is -0.120. The summed E-state index contributed by atoms with van der Waals surface area (Å²) in [7, 11) is 4.02. The van der Waals surface area contributed by atoms with E-state index in [0.717, 1.165) is 45.2 Å². The molecule has 132 valence electrons. The zero-order valence-corrected chi connectivity index (χ0v) is 16.8. The monoisotopic (exact) mass is 427 g/mol. The number of rotatable bonds is 8. The van der Waals surface area contributed by atoms with Crippen molar-refractivity contribution in [3.63, 3.8) is 0 Å². The summed E-state index contributed by atoms with van der Waals surface area (Å²) in [6.45, 7) is 11.3. The van der Waals surface area contributed by atoms with Crippen LogP contribution in [0.4, 0.5) is 0 Å². The fraction of sp³-hybridized carbons (Fsp3) is 0.933. The molecule has 1 heterocycles. The summed E-state index contributed by atoms with van der Waals surface area (Å²) in [6.07, 6.45) is 2.27. The Kier molecular flexibility index (Phi) is 14.4. The van der Waals surface area contributed by atoms with Gasteiger partial charge in [0.15, 0.2) is 5.96 Å². The van der Waals surface area contributed by atoms with Gasteiger partial charge >= 0.3 is 0 Å². The molecule has 0 radical (unpaired) electrons. The summed E-state index contributed by atoms with van der Waals surface area (Å²) in [5.41, 5.74) is 0. The lowest BCUT2D eigenvalue weighted by molar-refractivity contribution is 0.145. The molecular formula is C15H34IN5O. The quantitative estimate of drug-likeness (QED) is 0.260. The molecule has 0 spiro atoms. The first-order valence-electron chi connectivity index (χ1n) is 8.19. The molecule has 0 aromatic rings. The summed E-state index contributed by atoms with van der Waals surface area (Å²) in [5, 5.41) is 6.70. The minimum Gasteiger partial charge on any atom is -0.382 e.